The van der Waals surface area contributed by atoms with Crippen molar-refractivity contribution in [1.82, 2.24) is 5.32 Å². The summed E-state index contributed by atoms with van der Waals surface area (Å²) in [5.74, 6) is 0.000463. The predicted octanol–water partition coefficient (Wildman–Crippen LogP) is 1.84. The Labute approximate surface area is 79.0 Å². The highest BCUT2D eigenvalue weighted by atomic mass is 16.1. The molecule has 0 aliphatic heterocycles. The van der Waals surface area contributed by atoms with Crippen molar-refractivity contribution in [2.75, 3.05) is 7.05 Å². The van der Waals surface area contributed by atoms with Crippen LogP contribution in [-0.4, -0.2) is 13.0 Å². The van der Waals surface area contributed by atoms with Gasteiger partial charge in [-0.3, -0.25) is 4.79 Å². The van der Waals surface area contributed by atoms with Crippen LogP contribution >= 0.6 is 0 Å². The summed E-state index contributed by atoms with van der Waals surface area (Å²) < 4.78 is 0. The molecular formula is C11H15NO. The van der Waals surface area contributed by atoms with Crippen LogP contribution in [0, 0.1) is 6.92 Å². The van der Waals surface area contributed by atoms with Crippen LogP contribution in [0.15, 0.2) is 24.3 Å². The summed E-state index contributed by atoms with van der Waals surface area (Å²) in [7, 11) is 1.66. The summed E-state index contributed by atoms with van der Waals surface area (Å²) in [6.45, 7) is 3.94. The normalized spacial score (nSPS) is 12.2. The van der Waals surface area contributed by atoms with Gasteiger partial charge in [0.05, 0.1) is 5.92 Å². The summed E-state index contributed by atoms with van der Waals surface area (Å²) in [4.78, 5) is 11.4. The van der Waals surface area contributed by atoms with E-state index in [1.165, 1.54) is 5.56 Å². The van der Waals surface area contributed by atoms with Gasteiger partial charge in [0.2, 0.25) is 5.91 Å². The molecule has 13 heavy (non-hydrogen) atoms. The smallest absolute Gasteiger partial charge is 0.227 e. The first-order valence-electron chi connectivity index (χ1n) is 4.44. The summed E-state index contributed by atoms with van der Waals surface area (Å²) in [5, 5.41) is 2.65. The molecule has 1 amide bonds. The van der Waals surface area contributed by atoms with Crippen LogP contribution in [0.5, 0.6) is 0 Å². The summed E-state index contributed by atoms with van der Waals surface area (Å²) >= 11 is 0. The number of carbonyl (C=O) groups is 1. The molecule has 0 aromatic heterocycles. The van der Waals surface area contributed by atoms with Crippen LogP contribution in [0.1, 0.15) is 24.0 Å². The zero-order valence-electron chi connectivity index (χ0n) is 8.29. The lowest BCUT2D eigenvalue weighted by molar-refractivity contribution is -0.121. The van der Waals surface area contributed by atoms with Crippen molar-refractivity contribution in [3.63, 3.8) is 0 Å². The SMILES string of the molecule is CNC(=O)[C@H](C)c1ccccc1C. The molecule has 1 aromatic rings. The number of likely N-dealkylation sites (N-methyl/N-ethyl adjacent to an activating group) is 1. The quantitative estimate of drug-likeness (QED) is 0.733. The van der Waals surface area contributed by atoms with Gasteiger partial charge in [-0.1, -0.05) is 24.3 Å². The number of aryl methyl sites for hydroxylation is 1. The summed E-state index contributed by atoms with van der Waals surface area (Å²) in [6, 6.07) is 7.96. The number of hydrogen-bond acceptors (Lipinski definition) is 1. The maximum Gasteiger partial charge on any atom is 0.227 e. The fourth-order valence-corrected chi connectivity index (χ4v) is 1.43. The van der Waals surface area contributed by atoms with Gasteiger partial charge in [0, 0.05) is 7.05 Å². The monoisotopic (exact) mass is 177 g/mol. The van der Waals surface area contributed by atoms with Gasteiger partial charge in [0.15, 0.2) is 0 Å². The molecule has 1 N–H and O–H groups in total. The van der Waals surface area contributed by atoms with E-state index in [1.807, 2.05) is 38.1 Å². The Morgan fingerprint density at radius 2 is 2.00 bits per heavy atom. The number of hydrogen-bond donors (Lipinski definition) is 1. The lowest BCUT2D eigenvalue weighted by Gasteiger charge is -2.12. The van der Waals surface area contributed by atoms with Gasteiger partial charge < -0.3 is 5.32 Å². The van der Waals surface area contributed by atoms with E-state index in [9.17, 15) is 4.79 Å². The molecule has 0 radical (unpaired) electrons. The van der Waals surface area contributed by atoms with Crippen molar-refractivity contribution in [3.8, 4) is 0 Å². The highest BCUT2D eigenvalue weighted by molar-refractivity contribution is 5.83. The minimum Gasteiger partial charge on any atom is -0.359 e. The van der Waals surface area contributed by atoms with Crippen molar-refractivity contribution < 1.29 is 4.79 Å². The van der Waals surface area contributed by atoms with Crippen molar-refractivity contribution in [1.29, 1.82) is 0 Å². The third-order valence-corrected chi connectivity index (χ3v) is 2.29. The van der Waals surface area contributed by atoms with E-state index in [0.29, 0.717) is 0 Å². The average Bonchev–Trinajstić information content (AvgIpc) is 2.16. The van der Waals surface area contributed by atoms with Gasteiger partial charge >= 0.3 is 0 Å². The third kappa shape index (κ3) is 2.08. The summed E-state index contributed by atoms with van der Waals surface area (Å²) in [6.07, 6.45) is 0. The van der Waals surface area contributed by atoms with E-state index in [-0.39, 0.29) is 11.8 Å². The number of benzene rings is 1. The molecule has 2 heteroatoms. The van der Waals surface area contributed by atoms with E-state index < -0.39 is 0 Å². The van der Waals surface area contributed by atoms with Gasteiger partial charge in [0.1, 0.15) is 0 Å². The molecule has 0 saturated carbocycles. The maximum absolute atomic E-state index is 11.4. The second kappa shape index (κ2) is 4.08. The Balaban J connectivity index is 2.95. The lowest BCUT2D eigenvalue weighted by Crippen LogP contribution is -2.24. The third-order valence-electron chi connectivity index (χ3n) is 2.29. The average molecular weight is 177 g/mol. The second-order valence-corrected chi connectivity index (χ2v) is 3.19. The van der Waals surface area contributed by atoms with Crippen molar-refractivity contribution >= 4 is 5.91 Å². The molecule has 1 atom stereocenters. The molecule has 70 valence electrons. The van der Waals surface area contributed by atoms with Crippen LogP contribution in [0.3, 0.4) is 0 Å². The standard InChI is InChI=1S/C11H15NO/c1-8-6-4-5-7-10(8)9(2)11(13)12-3/h4-7,9H,1-3H3,(H,12,13)/t9-/m1/s1. The predicted molar refractivity (Wildman–Crippen MR) is 53.7 cm³/mol. The second-order valence-electron chi connectivity index (χ2n) is 3.19. The van der Waals surface area contributed by atoms with Crippen LogP contribution < -0.4 is 5.32 Å². The molecule has 0 heterocycles. The Bertz CT molecular complexity index is 307. The summed E-state index contributed by atoms with van der Waals surface area (Å²) in [5.41, 5.74) is 2.26. The molecule has 0 fully saturated rings. The van der Waals surface area contributed by atoms with E-state index >= 15 is 0 Å². The van der Waals surface area contributed by atoms with Crippen LogP contribution in [-0.2, 0) is 4.79 Å². The lowest BCUT2D eigenvalue weighted by atomic mass is 9.96. The maximum atomic E-state index is 11.4. The van der Waals surface area contributed by atoms with Gasteiger partial charge in [-0.25, -0.2) is 0 Å². The van der Waals surface area contributed by atoms with Gasteiger partial charge in [-0.15, -0.1) is 0 Å². The molecule has 0 unspecified atom stereocenters. The van der Waals surface area contributed by atoms with Crippen LogP contribution in [0.25, 0.3) is 0 Å². The number of carbonyl (C=O) groups excluding carboxylic acids is 1. The van der Waals surface area contributed by atoms with Crippen molar-refractivity contribution in [3.05, 3.63) is 35.4 Å². The molecule has 0 aliphatic rings. The van der Waals surface area contributed by atoms with Crippen LogP contribution in [0.2, 0.25) is 0 Å². The molecule has 0 bridgehead atoms. The topological polar surface area (TPSA) is 29.1 Å². The van der Waals surface area contributed by atoms with E-state index in [4.69, 9.17) is 0 Å². The highest BCUT2D eigenvalue weighted by Crippen LogP contribution is 2.18. The highest BCUT2D eigenvalue weighted by Gasteiger charge is 2.14. The van der Waals surface area contributed by atoms with Gasteiger partial charge in [0.25, 0.3) is 0 Å². The fourth-order valence-electron chi connectivity index (χ4n) is 1.43. The van der Waals surface area contributed by atoms with Gasteiger partial charge in [-0.2, -0.15) is 0 Å². The number of rotatable bonds is 2. The zero-order valence-corrected chi connectivity index (χ0v) is 8.29. The Hall–Kier alpha value is -1.31. The molecule has 0 aliphatic carbocycles. The minimum absolute atomic E-state index is 0.0637. The molecule has 1 aromatic carbocycles. The first-order valence-corrected chi connectivity index (χ1v) is 4.44. The molecular weight excluding hydrogens is 162 g/mol. The minimum atomic E-state index is -0.0637. The zero-order chi connectivity index (χ0) is 9.84. The first kappa shape index (κ1) is 9.78. The first-order chi connectivity index (χ1) is 6.16. The van der Waals surface area contributed by atoms with Crippen LogP contribution in [0.4, 0.5) is 0 Å². The van der Waals surface area contributed by atoms with E-state index in [2.05, 4.69) is 5.32 Å². The Kier molecular flexibility index (Phi) is 3.07. The molecule has 1 rings (SSSR count). The van der Waals surface area contributed by atoms with Gasteiger partial charge in [-0.05, 0) is 25.0 Å². The number of amides is 1. The fraction of sp³-hybridized carbons (Fsp3) is 0.364. The van der Waals surface area contributed by atoms with E-state index in [1.54, 1.807) is 7.05 Å². The Morgan fingerprint density at radius 1 is 1.38 bits per heavy atom. The molecule has 0 spiro atoms. The Morgan fingerprint density at radius 3 is 2.54 bits per heavy atom. The van der Waals surface area contributed by atoms with Crippen molar-refractivity contribution in [2.24, 2.45) is 0 Å². The molecule has 2 nitrogen and oxygen atoms in total. The largest absolute Gasteiger partial charge is 0.359 e. The van der Waals surface area contributed by atoms with E-state index in [0.717, 1.165) is 5.56 Å². The molecule has 0 saturated heterocycles. The van der Waals surface area contributed by atoms with Crippen molar-refractivity contribution in [2.45, 2.75) is 19.8 Å². The number of nitrogens with one attached hydrogen (secondary N) is 1.